The first-order valence-corrected chi connectivity index (χ1v) is 9.28. The Bertz CT molecular complexity index is 981. The molecule has 0 amide bonds. The molecule has 0 spiro atoms. The number of hydrazone groups is 1. The number of ether oxygens (including phenoxy) is 1. The van der Waals surface area contributed by atoms with Crippen LogP contribution in [0.4, 0.5) is 20.3 Å². The van der Waals surface area contributed by atoms with Gasteiger partial charge >= 0.3 is 0 Å². The van der Waals surface area contributed by atoms with E-state index in [4.69, 9.17) is 16.3 Å². The molecule has 160 valence electrons. The van der Waals surface area contributed by atoms with Crippen LogP contribution in [0.25, 0.3) is 5.57 Å². The summed E-state index contributed by atoms with van der Waals surface area (Å²) >= 11 is 0. The van der Waals surface area contributed by atoms with Crippen molar-refractivity contribution < 1.29 is 13.5 Å². The number of rotatable bonds is 7. The fourth-order valence-electron chi connectivity index (χ4n) is 2.88. The first-order chi connectivity index (χ1) is 14.4. The van der Waals surface area contributed by atoms with Crippen molar-refractivity contribution in [3.63, 3.8) is 0 Å². The van der Waals surface area contributed by atoms with Crippen molar-refractivity contribution in [2.24, 2.45) is 10.9 Å². The van der Waals surface area contributed by atoms with Crippen molar-refractivity contribution in [1.82, 2.24) is 10.4 Å². The van der Waals surface area contributed by atoms with Gasteiger partial charge in [-0.2, -0.15) is 5.10 Å². The van der Waals surface area contributed by atoms with Gasteiger partial charge in [0, 0.05) is 25.2 Å². The van der Waals surface area contributed by atoms with Crippen molar-refractivity contribution in [3.8, 4) is 0 Å². The van der Waals surface area contributed by atoms with E-state index in [-0.39, 0.29) is 17.3 Å². The largest absolute Gasteiger partial charge is 0.501 e. The maximum Gasteiger partial charge on any atom is 0.183 e. The summed E-state index contributed by atoms with van der Waals surface area (Å²) < 4.78 is 33.5. The molecule has 30 heavy (non-hydrogen) atoms. The second-order valence-electron chi connectivity index (χ2n) is 6.15. The molecule has 2 rings (SSSR count). The van der Waals surface area contributed by atoms with Crippen LogP contribution in [0.3, 0.4) is 0 Å². The molecule has 0 saturated heterocycles. The van der Waals surface area contributed by atoms with Gasteiger partial charge in [-0.1, -0.05) is 19.1 Å². The molecule has 2 aromatic rings. The number of methoxy groups -OCH3 is 1. The topological polar surface area (TPSA) is 102 Å². The van der Waals surface area contributed by atoms with E-state index in [1.807, 2.05) is 26.0 Å². The minimum Gasteiger partial charge on any atom is -0.501 e. The lowest BCUT2D eigenvalue weighted by Crippen LogP contribution is -2.43. The number of benzene rings is 1. The van der Waals surface area contributed by atoms with Gasteiger partial charge in [0.1, 0.15) is 5.82 Å². The number of anilines is 2. The Morgan fingerprint density at radius 1 is 1.37 bits per heavy atom. The number of nitrogens with zero attached hydrogens (tertiary/aromatic N) is 3. The van der Waals surface area contributed by atoms with Crippen LogP contribution < -0.4 is 22.0 Å². The van der Waals surface area contributed by atoms with E-state index in [1.54, 1.807) is 19.4 Å². The monoisotopic (exact) mass is 416 g/mol. The van der Waals surface area contributed by atoms with Crippen LogP contribution in [-0.4, -0.2) is 25.0 Å². The third-order valence-corrected chi connectivity index (χ3v) is 4.46. The van der Waals surface area contributed by atoms with Gasteiger partial charge in [-0.05, 0) is 36.8 Å². The minimum atomic E-state index is -1.06. The Hall–Kier alpha value is -3.46. The van der Waals surface area contributed by atoms with Crippen molar-refractivity contribution in [2.75, 3.05) is 24.9 Å². The van der Waals surface area contributed by atoms with Crippen LogP contribution in [0.1, 0.15) is 31.4 Å². The van der Waals surface area contributed by atoms with Crippen LogP contribution in [0.5, 0.6) is 0 Å². The Balaban J connectivity index is 2.59. The van der Waals surface area contributed by atoms with Crippen molar-refractivity contribution in [2.45, 2.75) is 20.3 Å². The quantitative estimate of drug-likeness (QED) is 0.159. The maximum absolute atomic E-state index is 14.4. The number of allylic oxidation sites excluding steroid dienone is 4. The molecule has 0 aliphatic carbocycles. The van der Waals surface area contributed by atoms with E-state index >= 15 is 0 Å². The summed E-state index contributed by atoms with van der Waals surface area (Å²) in [5, 5.41) is 4.97. The second kappa shape index (κ2) is 10.4. The summed E-state index contributed by atoms with van der Waals surface area (Å²) in [5.41, 5.74) is 10.6. The normalized spacial score (nSPS) is 12.8. The molecule has 9 heteroatoms. The average molecular weight is 416 g/mol. The Morgan fingerprint density at radius 2 is 2.10 bits per heavy atom. The van der Waals surface area contributed by atoms with Gasteiger partial charge in [-0.15, -0.1) is 0 Å². The Labute approximate surface area is 174 Å². The average Bonchev–Trinajstić information content (AvgIpc) is 2.76. The fourth-order valence-corrected chi connectivity index (χ4v) is 2.88. The molecule has 7 nitrogen and oxygen atoms in total. The number of nitrogens with two attached hydrogens (primary N) is 2. The van der Waals surface area contributed by atoms with Crippen LogP contribution in [0.2, 0.25) is 0 Å². The van der Waals surface area contributed by atoms with Gasteiger partial charge in [-0.3, -0.25) is 5.01 Å². The van der Waals surface area contributed by atoms with Crippen molar-refractivity contribution in [1.29, 1.82) is 0 Å². The molecule has 0 unspecified atom stereocenters. The molecular formula is C21H26F2N6O. The molecule has 1 aromatic heterocycles. The number of hydrogen-bond acceptors (Lipinski definition) is 6. The first-order valence-electron chi connectivity index (χ1n) is 9.28. The van der Waals surface area contributed by atoms with E-state index in [1.165, 1.54) is 24.2 Å². The molecule has 0 atom stereocenters. The van der Waals surface area contributed by atoms with Gasteiger partial charge in [0.2, 0.25) is 0 Å². The lowest BCUT2D eigenvalue weighted by Gasteiger charge is -2.25. The highest BCUT2D eigenvalue weighted by Crippen LogP contribution is 2.26. The van der Waals surface area contributed by atoms with Gasteiger partial charge in [-0.25, -0.2) is 19.2 Å². The second-order valence-corrected chi connectivity index (χ2v) is 6.15. The van der Waals surface area contributed by atoms with Crippen LogP contribution >= 0.6 is 0 Å². The van der Waals surface area contributed by atoms with E-state index in [2.05, 4.69) is 15.5 Å². The van der Waals surface area contributed by atoms with Gasteiger partial charge < -0.3 is 16.3 Å². The van der Waals surface area contributed by atoms with E-state index < -0.39 is 11.6 Å². The molecule has 0 fully saturated rings. The summed E-state index contributed by atoms with van der Waals surface area (Å²) in [6.07, 6.45) is 6.10. The molecule has 0 bridgehead atoms. The predicted molar refractivity (Wildman–Crippen MR) is 116 cm³/mol. The SMILES string of the molecule is CC=C(C=C(CC)OC)c1cnc(N)c(C(=NN)N(NC)c2cccc(F)c2F)c1. The summed E-state index contributed by atoms with van der Waals surface area (Å²) in [6.45, 7) is 3.86. The lowest BCUT2D eigenvalue weighted by atomic mass is 10.0. The molecule has 0 saturated carbocycles. The Kier molecular flexibility index (Phi) is 7.88. The highest BCUT2D eigenvalue weighted by Gasteiger charge is 2.23. The van der Waals surface area contributed by atoms with Crippen LogP contribution in [0.15, 0.2) is 53.5 Å². The number of hydrazine groups is 1. The van der Waals surface area contributed by atoms with Crippen LogP contribution in [0, 0.1) is 11.6 Å². The summed E-state index contributed by atoms with van der Waals surface area (Å²) in [6, 6.07) is 5.52. The van der Waals surface area contributed by atoms with E-state index in [0.29, 0.717) is 12.0 Å². The number of nitrogens with one attached hydrogen (secondary N) is 1. The highest BCUT2D eigenvalue weighted by atomic mass is 19.2. The van der Waals surface area contributed by atoms with Gasteiger partial charge in [0.25, 0.3) is 0 Å². The summed E-state index contributed by atoms with van der Waals surface area (Å²) in [4.78, 5) is 4.23. The van der Waals surface area contributed by atoms with E-state index in [0.717, 1.165) is 23.0 Å². The third kappa shape index (κ3) is 4.74. The zero-order valence-corrected chi connectivity index (χ0v) is 17.4. The molecule has 1 aromatic carbocycles. The molecule has 0 aliphatic heterocycles. The number of amidine groups is 1. The molecule has 1 heterocycles. The maximum atomic E-state index is 14.4. The third-order valence-electron chi connectivity index (χ3n) is 4.46. The van der Waals surface area contributed by atoms with Crippen molar-refractivity contribution >= 4 is 22.9 Å². The highest BCUT2D eigenvalue weighted by molar-refractivity contribution is 6.12. The Morgan fingerprint density at radius 3 is 2.67 bits per heavy atom. The number of nitrogen functional groups attached to an aromatic ring is 1. The van der Waals surface area contributed by atoms with E-state index in [9.17, 15) is 8.78 Å². The number of halogens is 2. The minimum absolute atomic E-state index is 0.0655. The number of aromatic nitrogens is 1. The number of pyridine rings is 1. The standard InChI is InChI=1S/C21H26F2N6O/c1-5-13(10-15(6-2)30-4)14-11-16(20(24)27-12-14)21(28-25)29(26-3)18-9-7-8-17(22)19(18)23/h5,7-12,26H,6,25H2,1-4H3,(H2,24,27). The van der Waals surface area contributed by atoms with Gasteiger partial charge in [0.05, 0.1) is 24.1 Å². The summed E-state index contributed by atoms with van der Waals surface area (Å²) in [7, 11) is 3.13. The zero-order valence-electron chi connectivity index (χ0n) is 17.4. The zero-order chi connectivity index (χ0) is 22.3. The summed E-state index contributed by atoms with van der Waals surface area (Å²) in [5.74, 6) is 4.54. The molecule has 0 radical (unpaired) electrons. The molecule has 0 aliphatic rings. The number of hydrogen-bond donors (Lipinski definition) is 3. The van der Waals surface area contributed by atoms with Crippen LogP contribution in [-0.2, 0) is 4.74 Å². The predicted octanol–water partition coefficient (Wildman–Crippen LogP) is 3.55. The fraction of sp³-hybridized carbons (Fsp3) is 0.238. The molecule has 5 N–H and O–H groups in total. The molecular weight excluding hydrogens is 390 g/mol. The first kappa shape index (κ1) is 22.8. The van der Waals surface area contributed by atoms with Gasteiger partial charge in [0.15, 0.2) is 17.5 Å². The smallest absolute Gasteiger partial charge is 0.183 e. The van der Waals surface area contributed by atoms with Crippen molar-refractivity contribution in [3.05, 3.63) is 71.1 Å². The lowest BCUT2D eigenvalue weighted by molar-refractivity contribution is 0.281.